The molecule has 1 aromatic rings. The van der Waals surface area contributed by atoms with Gasteiger partial charge < -0.3 is 20.0 Å². The second kappa shape index (κ2) is 9.13. The van der Waals surface area contributed by atoms with E-state index in [9.17, 15) is 19.8 Å². The third-order valence-electron chi connectivity index (χ3n) is 6.44. The lowest BCUT2D eigenvalue weighted by Gasteiger charge is -2.38. The third kappa shape index (κ3) is 5.08. The number of piperazine rings is 1. The Hall–Kier alpha value is -2.12. The molecule has 1 heterocycles. The van der Waals surface area contributed by atoms with Gasteiger partial charge in [0.05, 0.1) is 6.10 Å². The summed E-state index contributed by atoms with van der Waals surface area (Å²) in [5.41, 5.74) is 3.23. The first kappa shape index (κ1) is 21.6. The Morgan fingerprint density at radius 3 is 2.45 bits per heavy atom. The predicted molar refractivity (Wildman–Crippen MR) is 112 cm³/mol. The summed E-state index contributed by atoms with van der Waals surface area (Å²) >= 11 is 0. The van der Waals surface area contributed by atoms with E-state index in [1.54, 1.807) is 4.90 Å². The minimum Gasteiger partial charge on any atom is -0.465 e. The minimum absolute atomic E-state index is 0.00426. The zero-order chi connectivity index (χ0) is 21.1. The van der Waals surface area contributed by atoms with Crippen molar-refractivity contribution in [2.24, 2.45) is 5.92 Å². The fourth-order valence-electron chi connectivity index (χ4n) is 4.49. The standard InChI is InChI=1S/C22H33N3O4/c1-15-12-19(23(3)21(27)17-5-8-20(26)9-6-17)7-4-18(15)14-24-10-11-25(22(28)29)16(2)13-24/h4,7,12,16-17,20,26H,5-6,8-11,13-14H2,1-3H3,(H,28,29)/t16-,17-,20-/m0/s1. The summed E-state index contributed by atoms with van der Waals surface area (Å²) in [6, 6.07) is 6.11. The Morgan fingerprint density at radius 2 is 1.86 bits per heavy atom. The van der Waals surface area contributed by atoms with Crippen LogP contribution in [0.5, 0.6) is 0 Å². The average molecular weight is 404 g/mol. The third-order valence-corrected chi connectivity index (χ3v) is 6.44. The number of hydrogen-bond acceptors (Lipinski definition) is 4. The van der Waals surface area contributed by atoms with Gasteiger partial charge in [0.15, 0.2) is 0 Å². The van der Waals surface area contributed by atoms with Crippen LogP contribution in [0.1, 0.15) is 43.7 Å². The van der Waals surface area contributed by atoms with Crippen LogP contribution in [0, 0.1) is 12.8 Å². The number of anilines is 1. The minimum atomic E-state index is -0.849. The zero-order valence-corrected chi connectivity index (χ0v) is 17.7. The number of hydrogen-bond donors (Lipinski definition) is 2. The van der Waals surface area contributed by atoms with Gasteiger partial charge in [-0.25, -0.2) is 4.79 Å². The van der Waals surface area contributed by atoms with Crippen molar-refractivity contribution in [1.82, 2.24) is 9.80 Å². The van der Waals surface area contributed by atoms with Crippen LogP contribution in [0.15, 0.2) is 18.2 Å². The Balaban J connectivity index is 1.61. The maximum Gasteiger partial charge on any atom is 0.407 e. The Kier molecular flexibility index (Phi) is 6.80. The van der Waals surface area contributed by atoms with Gasteiger partial charge in [0.25, 0.3) is 0 Å². The molecule has 7 nitrogen and oxygen atoms in total. The molecular formula is C22H33N3O4. The number of carbonyl (C=O) groups is 2. The summed E-state index contributed by atoms with van der Waals surface area (Å²) in [5, 5.41) is 18.9. The van der Waals surface area contributed by atoms with Gasteiger partial charge in [-0.05, 0) is 62.8 Å². The van der Waals surface area contributed by atoms with Crippen LogP contribution in [0.3, 0.4) is 0 Å². The highest BCUT2D eigenvalue weighted by atomic mass is 16.4. The molecule has 160 valence electrons. The molecule has 7 heteroatoms. The van der Waals surface area contributed by atoms with E-state index in [1.165, 1.54) is 10.5 Å². The van der Waals surface area contributed by atoms with Crippen molar-refractivity contribution < 1.29 is 19.8 Å². The lowest BCUT2D eigenvalue weighted by molar-refractivity contribution is -0.123. The van der Waals surface area contributed by atoms with Gasteiger partial charge in [-0.15, -0.1) is 0 Å². The molecule has 2 fully saturated rings. The molecule has 2 aliphatic rings. The van der Waals surface area contributed by atoms with Crippen LogP contribution >= 0.6 is 0 Å². The van der Waals surface area contributed by atoms with E-state index >= 15 is 0 Å². The molecule has 0 bridgehead atoms. The largest absolute Gasteiger partial charge is 0.465 e. The molecule has 0 radical (unpaired) electrons. The second-order valence-electron chi connectivity index (χ2n) is 8.57. The smallest absolute Gasteiger partial charge is 0.407 e. The first-order chi connectivity index (χ1) is 13.8. The molecule has 3 rings (SSSR count). The van der Waals surface area contributed by atoms with Crippen LogP contribution in [0.25, 0.3) is 0 Å². The van der Waals surface area contributed by atoms with Gasteiger partial charge in [-0.2, -0.15) is 0 Å². The number of rotatable bonds is 4. The van der Waals surface area contributed by atoms with Gasteiger partial charge in [0.2, 0.25) is 5.91 Å². The van der Waals surface area contributed by atoms with Crippen molar-refractivity contribution >= 4 is 17.7 Å². The summed E-state index contributed by atoms with van der Waals surface area (Å²) in [6.45, 7) is 6.76. The number of carbonyl (C=O) groups excluding carboxylic acids is 1. The molecule has 1 aliphatic heterocycles. The summed E-state index contributed by atoms with van der Waals surface area (Å²) in [7, 11) is 1.83. The lowest BCUT2D eigenvalue weighted by Crippen LogP contribution is -2.53. The van der Waals surface area contributed by atoms with E-state index in [4.69, 9.17) is 0 Å². The fraction of sp³-hybridized carbons (Fsp3) is 0.636. The molecule has 1 saturated carbocycles. The van der Waals surface area contributed by atoms with E-state index in [1.807, 2.05) is 20.0 Å². The quantitative estimate of drug-likeness (QED) is 0.808. The van der Waals surface area contributed by atoms with Gasteiger partial charge in [0, 0.05) is 50.9 Å². The van der Waals surface area contributed by atoms with Crippen molar-refractivity contribution in [3.63, 3.8) is 0 Å². The van der Waals surface area contributed by atoms with Crippen molar-refractivity contribution in [2.75, 3.05) is 31.6 Å². The van der Waals surface area contributed by atoms with Gasteiger partial charge in [-0.1, -0.05) is 6.07 Å². The molecule has 0 aromatic heterocycles. The molecule has 1 aliphatic carbocycles. The van der Waals surface area contributed by atoms with Gasteiger partial charge >= 0.3 is 6.09 Å². The van der Waals surface area contributed by atoms with Crippen molar-refractivity contribution in [2.45, 2.75) is 58.2 Å². The second-order valence-corrected chi connectivity index (χ2v) is 8.57. The predicted octanol–water partition coefficient (Wildman–Crippen LogP) is 2.69. The number of aliphatic hydroxyl groups is 1. The van der Waals surface area contributed by atoms with E-state index in [2.05, 4.69) is 24.0 Å². The highest BCUT2D eigenvalue weighted by molar-refractivity contribution is 5.94. The number of aryl methyl sites for hydroxylation is 1. The van der Waals surface area contributed by atoms with E-state index in [0.29, 0.717) is 19.4 Å². The summed E-state index contributed by atoms with van der Waals surface area (Å²) in [6.07, 6.45) is 1.80. The monoisotopic (exact) mass is 403 g/mol. The molecule has 1 saturated heterocycles. The Morgan fingerprint density at radius 1 is 1.17 bits per heavy atom. The number of carboxylic acid groups (broad SMARTS) is 1. The summed E-state index contributed by atoms with van der Waals surface area (Å²) in [4.78, 5) is 29.6. The Labute approximate surface area is 172 Å². The van der Waals surface area contributed by atoms with Crippen LogP contribution in [-0.2, 0) is 11.3 Å². The number of aliphatic hydroxyl groups excluding tert-OH is 1. The summed E-state index contributed by atoms with van der Waals surface area (Å²) in [5.74, 6) is 0.123. The molecule has 0 unspecified atom stereocenters. The highest BCUT2D eigenvalue weighted by Crippen LogP contribution is 2.28. The molecule has 1 aromatic carbocycles. The number of benzene rings is 1. The van der Waals surface area contributed by atoms with Crippen LogP contribution in [-0.4, -0.2) is 70.8 Å². The van der Waals surface area contributed by atoms with Crippen molar-refractivity contribution in [1.29, 1.82) is 0 Å². The maximum absolute atomic E-state index is 12.8. The lowest BCUT2D eigenvalue weighted by atomic mass is 9.86. The van der Waals surface area contributed by atoms with Crippen LogP contribution < -0.4 is 4.90 Å². The average Bonchev–Trinajstić information content (AvgIpc) is 2.69. The zero-order valence-electron chi connectivity index (χ0n) is 17.7. The van der Waals surface area contributed by atoms with E-state index in [0.717, 1.165) is 43.7 Å². The van der Waals surface area contributed by atoms with Crippen LogP contribution in [0.2, 0.25) is 0 Å². The first-order valence-electron chi connectivity index (χ1n) is 10.5. The maximum atomic E-state index is 12.8. The summed E-state index contributed by atoms with van der Waals surface area (Å²) < 4.78 is 0. The van der Waals surface area contributed by atoms with Crippen LogP contribution in [0.4, 0.5) is 10.5 Å². The van der Waals surface area contributed by atoms with E-state index in [-0.39, 0.29) is 24.0 Å². The number of amides is 2. The molecule has 2 N–H and O–H groups in total. The normalized spacial score (nSPS) is 25.7. The van der Waals surface area contributed by atoms with Gasteiger partial charge in [0.1, 0.15) is 0 Å². The van der Waals surface area contributed by atoms with E-state index < -0.39 is 6.09 Å². The van der Waals surface area contributed by atoms with Gasteiger partial charge in [-0.3, -0.25) is 9.69 Å². The SMILES string of the molecule is Cc1cc(N(C)C(=O)[C@H]2CC[C@H](O)CC2)ccc1CN1CCN(C(=O)O)[C@@H](C)C1. The molecule has 2 amide bonds. The molecule has 29 heavy (non-hydrogen) atoms. The molecular weight excluding hydrogens is 370 g/mol. The number of nitrogens with zero attached hydrogens (tertiary/aromatic N) is 3. The molecule has 0 spiro atoms. The van der Waals surface area contributed by atoms with Crippen molar-refractivity contribution in [3.05, 3.63) is 29.3 Å². The molecule has 1 atom stereocenters. The highest BCUT2D eigenvalue weighted by Gasteiger charge is 2.29. The first-order valence-corrected chi connectivity index (χ1v) is 10.5. The fourth-order valence-corrected chi connectivity index (χ4v) is 4.49. The van der Waals surface area contributed by atoms with Crippen molar-refractivity contribution in [3.8, 4) is 0 Å². The Bertz CT molecular complexity index is 746. The topological polar surface area (TPSA) is 84.3 Å².